The number of pyridine rings is 1. The first-order chi connectivity index (χ1) is 17.6. The number of hydrogen-bond donors (Lipinski definition) is 1. The number of morpholine rings is 1. The van der Waals surface area contributed by atoms with E-state index in [9.17, 15) is 0 Å². The van der Waals surface area contributed by atoms with Crippen LogP contribution in [0.3, 0.4) is 0 Å². The number of nitrogens with zero attached hydrogens (tertiary/aromatic N) is 5. The molecule has 3 aliphatic heterocycles. The highest BCUT2D eigenvalue weighted by Gasteiger charge is 2.28. The third-order valence-corrected chi connectivity index (χ3v) is 6.69. The van der Waals surface area contributed by atoms with Gasteiger partial charge >= 0.3 is 0 Å². The molecule has 7 heteroatoms. The van der Waals surface area contributed by atoms with Crippen LogP contribution in [-0.4, -0.2) is 118 Å². The Morgan fingerprint density at radius 1 is 0.865 bits per heavy atom. The van der Waals surface area contributed by atoms with Crippen LogP contribution in [0.25, 0.3) is 10.9 Å². The molecule has 1 aromatic carbocycles. The first-order valence-electron chi connectivity index (χ1n) is 14.1. The molecule has 37 heavy (non-hydrogen) atoms. The van der Waals surface area contributed by atoms with E-state index < -0.39 is 0 Å². The van der Waals surface area contributed by atoms with Crippen molar-refractivity contribution in [1.82, 2.24) is 25.0 Å². The summed E-state index contributed by atoms with van der Waals surface area (Å²) in [6.07, 6.45) is 2.38. The molecule has 2 atom stereocenters. The summed E-state index contributed by atoms with van der Waals surface area (Å²) in [4.78, 5) is 14.3. The van der Waals surface area contributed by atoms with Gasteiger partial charge in [0.2, 0.25) is 0 Å². The third-order valence-electron chi connectivity index (χ3n) is 6.69. The largest absolute Gasteiger partial charge is 0.370 e. The molecular weight excluding hydrogens is 460 g/mol. The highest BCUT2D eigenvalue weighted by molar-refractivity contribution is 5.91. The van der Waals surface area contributed by atoms with E-state index in [0.29, 0.717) is 0 Å². The molecule has 2 aromatic rings. The topological polar surface area (TPSA) is 47.1 Å². The Kier molecular flexibility index (Phi) is 16.6. The molecule has 0 saturated carbocycles. The minimum atomic E-state index is 0. The summed E-state index contributed by atoms with van der Waals surface area (Å²) >= 11 is 0. The predicted octanol–water partition coefficient (Wildman–Crippen LogP) is 4.29. The maximum atomic E-state index is 6.27. The lowest BCUT2D eigenvalue weighted by Crippen LogP contribution is -2.53. The van der Waals surface area contributed by atoms with Crippen molar-refractivity contribution in [2.45, 2.75) is 54.3 Å². The Morgan fingerprint density at radius 3 is 2.14 bits per heavy atom. The van der Waals surface area contributed by atoms with E-state index in [0.717, 1.165) is 64.4 Å². The normalized spacial score (nSPS) is 22.8. The van der Waals surface area contributed by atoms with E-state index in [-0.39, 0.29) is 19.6 Å². The fourth-order valence-corrected chi connectivity index (χ4v) is 4.80. The number of likely N-dealkylation sites (N-methyl/N-ethyl adjacent to an activating group) is 2. The first-order valence-corrected chi connectivity index (χ1v) is 14.1. The number of benzene rings is 1. The lowest BCUT2D eigenvalue weighted by Gasteiger charge is -2.41. The number of nitrogens with one attached hydrogen (secondary N) is 1. The Labute approximate surface area is 228 Å². The number of hydrogen-bond acceptors (Lipinski definition) is 7. The second-order valence-electron chi connectivity index (χ2n) is 9.48. The summed E-state index contributed by atoms with van der Waals surface area (Å²) in [5.74, 6) is 0. The van der Waals surface area contributed by atoms with Crippen LogP contribution in [0.5, 0.6) is 0 Å². The number of piperazine rings is 2. The molecule has 1 aromatic heterocycles. The van der Waals surface area contributed by atoms with Gasteiger partial charge in [-0.05, 0) is 45.3 Å². The van der Waals surface area contributed by atoms with Gasteiger partial charge in [0.25, 0.3) is 0 Å². The molecule has 4 heterocycles. The van der Waals surface area contributed by atoms with Gasteiger partial charge in [-0.3, -0.25) is 9.88 Å². The number of rotatable bonds is 3. The van der Waals surface area contributed by atoms with Gasteiger partial charge in [0, 0.05) is 89.3 Å². The second kappa shape index (κ2) is 18.5. The lowest BCUT2D eigenvalue weighted by molar-refractivity contribution is -0.0369. The summed E-state index contributed by atoms with van der Waals surface area (Å²) in [5.41, 5.74) is 2.35. The van der Waals surface area contributed by atoms with E-state index in [2.05, 4.69) is 75.2 Å². The minimum absolute atomic E-state index is 0. The Hall–Kier alpha value is -1.77. The van der Waals surface area contributed by atoms with Crippen LogP contribution in [0.2, 0.25) is 0 Å². The predicted molar refractivity (Wildman–Crippen MR) is 162 cm³/mol. The average Bonchev–Trinajstić information content (AvgIpc) is 2.92. The van der Waals surface area contributed by atoms with Crippen molar-refractivity contribution in [2.75, 3.05) is 91.0 Å². The number of ether oxygens (including phenoxy) is 1. The molecule has 7 nitrogen and oxygen atoms in total. The fourth-order valence-electron chi connectivity index (χ4n) is 4.80. The molecule has 0 bridgehead atoms. The van der Waals surface area contributed by atoms with E-state index in [1.807, 2.05) is 40.0 Å². The molecule has 0 radical (unpaired) electrons. The van der Waals surface area contributed by atoms with Crippen LogP contribution in [0.15, 0.2) is 36.5 Å². The number of fused-ring (bicyclic) bond motifs is 1. The van der Waals surface area contributed by atoms with Crippen molar-refractivity contribution in [3.8, 4) is 0 Å². The maximum absolute atomic E-state index is 6.27. The highest BCUT2D eigenvalue weighted by atomic mass is 16.5. The van der Waals surface area contributed by atoms with Gasteiger partial charge in [0.15, 0.2) is 0 Å². The van der Waals surface area contributed by atoms with Crippen LogP contribution in [0, 0.1) is 0 Å². The van der Waals surface area contributed by atoms with Gasteiger partial charge in [-0.25, -0.2) is 0 Å². The fraction of sp³-hybridized carbons (Fsp3) is 0.700. The van der Waals surface area contributed by atoms with Gasteiger partial charge in [-0.1, -0.05) is 41.2 Å². The summed E-state index contributed by atoms with van der Waals surface area (Å²) in [6.45, 7) is 22.4. The molecule has 1 N–H and O–H groups in total. The molecule has 3 aliphatic rings. The summed E-state index contributed by atoms with van der Waals surface area (Å²) < 4.78 is 6.27. The first kappa shape index (κ1) is 33.3. The SMILES string of the molecule is C.CC.CC.CC1CN(c2cccc3ncccc23)CC(CN2CCN(C)CC2)O1.CN1CCNCC1. The van der Waals surface area contributed by atoms with Crippen molar-refractivity contribution in [3.05, 3.63) is 36.5 Å². The van der Waals surface area contributed by atoms with Crippen LogP contribution in [0.4, 0.5) is 5.69 Å². The molecule has 0 amide bonds. The van der Waals surface area contributed by atoms with Crippen LogP contribution < -0.4 is 10.2 Å². The number of aromatic nitrogens is 1. The summed E-state index contributed by atoms with van der Waals surface area (Å²) in [5, 5.41) is 4.51. The third kappa shape index (κ3) is 10.9. The average molecular weight is 517 g/mol. The molecule has 5 rings (SSSR count). The van der Waals surface area contributed by atoms with Crippen LogP contribution >= 0.6 is 0 Å². The van der Waals surface area contributed by atoms with Crippen molar-refractivity contribution >= 4 is 16.6 Å². The van der Waals surface area contributed by atoms with Gasteiger partial charge in [-0.2, -0.15) is 0 Å². The summed E-state index contributed by atoms with van der Waals surface area (Å²) in [6, 6.07) is 10.6. The Bertz CT molecular complexity index is 830. The molecule has 0 aliphatic carbocycles. The molecule has 212 valence electrons. The van der Waals surface area contributed by atoms with E-state index in [4.69, 9.17) is 4.74 Å². The molecule has 0 spiro atoms. The van der Waals surface area contributed by atoms with E-state index >= 15 is 0 Å². The lowest BCUT2D eigenvalue weighted by atomic mass is 10.1. The zero-order chi connectivity index (χ0) is 26.3. The molecule has 2 unspecified atom stereocenters. The van der Waals surface area contributed by atoms with Crippen LogP contribution in [0.1, 0.15) is 42.0 Å². The molecular formula is C30H56N6O. The Balaban J connectivity index is 0.000000485. The number of anilines is 1. The standard InChI is InChI=1S/C20H28N4O.C5H12N2.2C2H6.CH4/c1-16-13-24(20-7-3-6-19-18(20)5-4-8-21-19)15-17(25-16)14-23-11-9-22(2)10-12-23;1-7-4-2-6-3-5-7;2*1-2;/h3-8,16-17H,9-15H2,1-2H3;6H,2-5H2,1H3;2*1-2H3;1H4. The zero-order valence-electron chi connectivity index (χ0n) is 24.0. The van der Waals surface area contributed by atoms with Gasteiger partial charge in [0.05, 0.1) is 17.7 Å². The van der Waals surface area contributed by atoms with Gasteiger partial charge < -0.3 is 24.8 Å². The minimum Gasteiger partial charge on any atom is -0.370 e. The van der Waals surface area contributed by atoms with Gasteiger partial charge in [-0.15, -0.1) is 0 Å². The van der Waals surface area contributed by atoms with Crippen LogP contribution in [-0.2, 0) is 4.74 Å². The molecule has 3 fully saturated rings. The van der Waals surface area contributed by atoms with Crippen molar-refractivity contribution in [2.24, 2.45) is 0 Å². The Morgan fingerprint density at radius 2 is 1.51 bits per heavy atom. The van der Waals surface area contributed by atoms with Crippen molar-refractivity contribution in [3.63, 3.8) is 0 Å². The van der Waals surface area contributed by atoms with Crippen molar-refractivity contribution < 1.29 is 4.74 Å². The quantitative estimate of drug-likeness (QED) is 0.653. The van der Waals surface area contributed by atoms with E-state index in [1.165, 1.54) is 24.2 Å². The highest BCUT2D eigenvalue weighted by Crippen LogP contribution is 2.28. The monoisotopic (exact) mass is 516 g/mol. The van der Waals surface area contributed by atoms with Crippen molar-refractivity contribution in [1.29, 1.82) is 0 Å². The smallest absolute Gasteiger partial charge is 0.0881 e. The summed E-state index contributed by atoms with van der Waals surface area (Å²) in [7, 11) is 4.35. The van der Waals surface area contributed by atoms with E-state index in [1.54, 1.807) is 0 Å². The molecule has 3 saturated heterocycles. The second-order valence-corrected chi connectivity index (χ2v) is 9.48. The van der Waals surface area contributed by atoms with Gasteiger partial charge in [0.1, 0.15) is 0 Å². The zero-order valence-corrected chi connectivity index (χ0v) is 24.0. The maximum Gasteiger partial charge on any atom is 0.0881 e.